The zero-order valence-corrected chi connectivity index (χ0v) is 12.2. The molecule has 2 nitrogen and oxygen atoms in total. The Balaban J connectivity index is 2.00. The van der Waals surface area contributed by atoms with Crippen molar-refractivity contribution in [3.63, 3.8) is 0 Å². The second kappa shape index (κ2) is 6.12. The van der Waals surface area contributed by atoms with Gasteiger partial charge in [0.2, 0.25) is 0 Å². The van der Waals surface area contributed by atoms with Crippen LogP contribution >= 0.6 is 15.9 Å². The van der Waals surface area contributed by atoms with E-state index in [1.54, 1.807) is 0 Å². The summed E-state index contributed by atoms with van der Waals surface area (Å²) >= 11 is 3.50. The van der Waals surface area contributed by atoms with Gasteiger partial charge in [-0.2, -0.15) is 0 Å². The highest BCUT2D eigenvalue weighted by Crippen LogP contribution is 2.18. The summed E-state index contributed by atoms with van der Waals surface area (Å²) in [5.74, 6) is 0. The van der Waals surface area contributed by atoms with Crippen LogP contribution in [0.5, 0.6) is 0 Å². The van der Waals surface area contributed by atoms with Gasteiger partial charge in [0.1, 0.15) is 0 Å². The van der Waals surface area contributed by atoms with Gasteiger partial charge in [-0.1, -0.05) is 28.1 Å². The van der Waals surface area contributed by atoms with Crippen molar-refractivity contribution in [3.05, 3.63) is 63.9 Å². The molecule has 18 heavy (non-hydrogen) atoms. The number of halogens is 1. The van der Waals surface area contributed by atoms with Gasteiger partial charge < -0.3 is 5.32 Å². The van der Waals surface area contributed by atoms with Crippen molar-refractivity contribution in [1.82, 2.24) is 10.3 Å². The predicted octanol–water partition coefficient (Wildman–Crippen LogP) is 4.00. The summed E-state index contributed by atoms with van der Waals surface area (Å²) in [6.07, 6.45) is 3.74. The summed E-state index contributed by atoms with van der Waals surface area (Å²) in [5.41, 5.74) is 3.81. The predicted molar refractivity (Wildman–Crippen MR) is 78.4 cm³/mol. The molecule has 0 aliphatic carbocycles. The van der Waals surface area contributed by atoms with Crippen LogP contribution in [0.2, 0.25) is 0 Å². The first-order valence-electron chi connectivity index (χ1n) is 6.05. The largest absolute Gasteiger partial charge is 0.306 e. The summed E-state index contributed by atoms with van der Waals surface area (Å²) in [6.45, 7) is 5.13. The molecule has 0 aliphatic rings. The zero-order valence-electron chi connectivity index (χ0n) is 10.7. The maximum atomic E-state index is 4.11. The summed E-state index contributed by atoms with van der Waals surface area (Å²) in [5, 5.41) is 3.53. The van der Waals surface area contributed by atoms with Crippen molar-refractivity contribution in [1.29, 1.82) is 0 Å². The topological polar surface area (TPSA) is 24.9 Å². The van der Waals surface area contributed by atoms with Crippen molar-refractivity contribution >= 4 is 15.9 Å². The lowest BCUT2D eigenvalue weighted by molar-refractivity contribution is 0.573. The summed E-state index contributed by atoms with van der Waals surface area (Å²) in [6, 6.07) is 10.8. The third kappa shape index (κ3) is 3.40. The molecule has 1 atom stereocenters. The fourth-order valence-corrected chi connectivity index (χ4v) is 2.27. The van der Waals surface area contributed by atoms with Crippen LogP contribution in [0, 0.1) is 6.92 Å². The molecule has 2 aromatic rings. The maximum absolute atomic E-state index is 4.11. The number of benzene rings is 1. The number of nitrogens with zero attached hydrogens (tertiary/aromatic N) is 1. The van der Waals surface area contributed by atoms with Crippen LogP contribution in [0.3, 0.4) is 0 Å². The van der Waals surface area contributed by atoms with E-state index in [9.17, 15) is 0 Å². The molecule has 0 radical (unpaired) electrons. The minimum atomic E-state index is 0.329. The number of hydrogen-bond acceptors (Lipinski definition) is 2. The van der Waals surface area contributed by atoms with E-state index in [0.717, 1.165) is 11.0 Å². The fourth-order valence-electron chi connectivity index (χ4n) is 1.86. The standard InChI is InChI=1S/C15H17BrN2/c1-11-9-17-7-6-14(11)10-18-12(2)13-4-3-5-15(16)8-13/h3-9,12,18H,10H2,1-2H3. The van der Waals surface area contributed by atoms with Crippen LogP contribution in [0.1, 0.15) is 29.7 Å². The SMILES string of the molecule is Cc1cnccc1CNC(C)c1cccc(Br)c1. The Bertz CT molecular complexity index is 525. The number of aryl methyl sites for hydroxylation is 1. The first kappa shape index (κ1) is 13.2. The van der Waals surface area contributed by atoms with E-state index >= 15 is 0 Å². The van der Waals surface area contributed by atoms with Crippen LogP contribution in [-0.2, 0) is 6.54 Å². The highest BCUT2D eigenvalue weighted by molar-refractivity contribution is 9.10. The number of rotatable bonds is 4. The van der Waals surface area contributed by atoms with E-state index < -0.39 is 0 Å². The van der Waals surface area contributed by atoms with E-state index in [-0.39, 0.29) is 0 Å². The summed E-state index contributed by atoms with van der Waals surface area (Å²) in [7, 11) is 0. The van der Waals surface area contributed by atoms with Gasteiger partial charge in [0.25, 0.3) is 0 Å². The van der Waals surface area contributed by atoms with Gasteiger partial charge in [-0.3, -0.25) is 4.98 Å². The van der Waals surface area contributed by atoms with Gasteiger partial charge in [-0.15, -0.1) is 0 Å². The Kier molecular flexibility index (Phi) is 4.50. The molecule has 0 saturated heterocycles. The quantitative estimate of drug-likeness (QED) is 0.923. The average molecular weight is 305 g/mol. The van der Waals surface area contributed by atoms with Gasteiger partial charge in [-0.05, 0) is 48.7 Å². The van der Waals surface area contributed by atoms with Crippen molar-refractivity contribution in [2.45, 2.75) is 26.4 Å². The monoisotopic (exact) mass is 304 g/mol. The molecule has 1 unspecified atom stereocenters. The fraction of sp³-hybridized carbons (Fsp3) is 0.267. The van der Waals surface area contributed by atoms with Crippen molar-refractivity contribution < 1.29 is 0 Å². The third-order valence-corrected chi connectivity index (χ3v) is 3.58. The molecule has 0 aliphatic heterocycles. The molecule has 0 spiro atoms. The van der Waals surface area contributed by atoms with Gasteiger partial charge in [0, 0.05) is 29.5 Å². The molecule has 1 aromatic carbocycles. The first-order valence-corrected chi connectivity index (χ1v) is 6.84. The van der Waals surface area contributed by atoms with Gasteiger partial charge in [0.05, 0.1) is 0 Å². The normalized spacial score (nSPS) is 12.4. The Morgan fingerprint density at radius 2 is 2.17 bits per heavy atom. The molecule has 0 fully saturated rings. The third-order valence-electron chi connectivity index (χ3n) is 3.08. The highest BCUT2D eigenvalue weighted by Gasteiger charge is 2.06. The molecule has 1 heterocycles. The van der Waals surface area contributed by atoms with Gasteiger partial charge in [0.15, 0.2) is 0 Å². The number of nitrogens with one attached hydrogen (secondary N) is 1. The molecule has 2 rings (SSSR count). The average Bonchev–Trinajstić information content (AvgIpc) is 2.37. The van der Waals surface area contributed by atoms with Gasteiger partial charge in [-0.25, -0.2) is 0 Å². The molecule has 0 amide bonds. The number of hydrogen-bond donors (Lipinski definition) is 1. The second-order valence-electron chi connectivity index (χ2n) is 4.46. The van der Waals surface area contributed by atoms with Crippen LogP contribution < -0.4 is 5.32 Å². The van der Waals surface area contributed by atoms with Crippen molar-refractivity contribution in [2.75, 3.05) is 0 Å². The molecule has 3 heteroatoms. The van der Waals surface area contributed by atoms with Crippen LogP contribution in [0.15, 0.2) is 47.2 Å². The van der Waals surface area contributed by atoms with E-state index in [0.29, 0.717) is 6.04 Å². The molecule has 94 valence electrons. The molecule has 0 saturated carbocycles. The smallest absolute Gasteiger partial charge is 0.0300 e. The van der Waals surface area contributed by atoms with E-state index in [4.69, 9.17) is 0 Å². The molecule has 1 N–H and O–H groups in total. The highest BCUT2D eigenvalue weighted by atomic mass is 79.9. The van der Waals surface area contributed by atoms with Crippen molar-refractivity contribution in [3.8, 4) is 0 Å². The lowest BCUT2D eigenvalue weighted by Gasteiger charge is -2.15. The van der Waals surface area contributed by atoms with E-state index in [1.807, 2.05) is 18.5 Å². The summed E-state index contributed by atoms with van der Waals surface area (Å²) < 4.78 is 1.12. The Morgan fingerprint density at radius 1 is 1.33 bits per heavy atom. The van der Waals surface area contributed by atoms with Crippen molar-refractivity contribution in [2.24, 2.45) is 0 Å². The van der Waals surface area contributed by atoms with Gasteiger partial charge >= 0.3 is 0 Å². The Morgan fingerprint density at radius 3 is 2.89 bits per heavy atom. The Labute approximate surface area is 117 Å². The number of pyridine rings is 1. The minimum absolute atomic E-state index is 0.329. The van der Waals surface area contributed by atoms with Crippen LogP contribution in [0.4, 0.5) is 0 Å². The van der Waals surface area contributed by atoms with Crippen LogP contribution in [-0.4, -0.2) is 4.98 Å². The zero-order chi connectivity index (χ0) is 13.0. The molecule has 1 aromatic heterocycles. The summed E-state index contributed by atoms with van der Waals surface area (Å²) in [4.78, 5) is 4.11. The Hall–Kier alpha value is -1.19. The van der Waals surface area contributed by atoms with Crippen LogP contribution in [0.25, 0.3) is 0 Å². The van der Waals surface area contributed by atoms with E-state index in [2.05, 4.69) is 64.3 Å². The van der Waals surface area contributed by atoms with E-state index in [1.165, 1.54) is 16.7 Å². The number of aromatic nitrogens is 1. The lowest BCUT2D eigenvalue weighted by atomic mass is 10.1. The molecule has 0 bridgehead atoms. The molecular weight excluding hydrogens is 288 g/mol. The molecular formula is C15H17BrN2. The minimum Gasteiger partial charge on any atom is -0.306 e. The second-order valence-corrected chi connectivity index (χ2v) is 5.38. The maximum Gasteiger partial charge on any atom is 0.0300 e. The first-order chi connectivity index (χ1) is 8.66. The lowest BCUT2D eigenvalue weighted by Crippen LogP contribution is -2.18.